The number of aliphatic hydroxyl groups is 4. The molecule has 8 rings (SSSR count). The van der Waals surface area contributed by atoms with Crippen LogP contribution in [0.4, 0.5) is 23.3 Å². The molecule has 2 unspecified atom stereocenters. The van der Waals surface area contributed by atoms with Gasteiger partial charge in [-0.15, -0.1) is 0 Å². The van der Waals surface area contributed by atoms with Gasteiger partial charge in [-0.2, -0.15) is 20.2 Å². The zero-order chi connectivity index (χ0) is 55.5. The third-order valence-electron chi connectivity index (χ3n) is 10.3. The van der Waals surface area contributed by atoms with E-state index in [1.165, 1.54) is 9.13 Å². The van der Waals surface area contributed by atoms with Crippen LogP contribution < -0.4 is 74.8 Å². The lowest BCUT2D eigenvalue weighted by Gasteiger charge is -2.20. The number of nitrogens with two attached hydrogens (primary N) is 6. The number of imidazole rings is 2. The van der Waals surface area contributed by atoms with E-state index in [0.29, 0.717) is 37.7 Å². The minimum absolute atomic E-state index is 0. The monoisotopic (exact) mass is 1220 g/mol. The lowest BCUT2D eigenvalue weighted by molar-refractivity contribution is -0.461. The maximum absolute atomic E-state index is 11.7. The SMILES string of the molecule is NC(N)=[NH+]CCOc1ccc(N=Nc2ccc(OCC[NH+]=C(N)N)cc2)cc1.Nc1nc2c(ncn2[C@@H]2O[C@H](COP(=O)([O-])O)[C@@H](O)[C@H]2O)c(=O)[nH]1.Nc1nc2c(ncn2[C@@H]2O[C@H](COP(=O)([O-])O)[C@@H](O)[C@H]2O)c(=O)[nH]1.O.O.O.O.O.O. The summed E-state index contributed by atoms with van der Waals surface area (Å²) in [5.41, 5.74) is 32.3. The van der Waals surface area contributed by atoms with Crippen molar-refractivity contribution in [3.63, 3.8) is 0 Å². The molecule has 0 bridgehead atoms. The summed E-state index contributed by atoms with van der Waals surface area (Å²) in [5, 5.41) is 48.4. The second kappa shape index (κ2) is 32.6. The topological polar surface area (TPSA) is 782 Å². The number of azo groups is 1. The number of nitrogens with one attached hydrogen (secondary N) is 4. The molecule has 4 aromatic heterocycles. The first-order valence-electron chi connectivity index (χ1n) is 21.8. The van der Waals surface area contributed by atoms with Crippen LogP contribution in [-0.4, -0.2) is 190 Å². The number of fused-ring (bicyclic) bond motifs is 2. The molecule has 460 valence electrons. The molecule has 2 aromatic carbocycles. The van der Waals surface area contributed by atoms with E-state index in [9.17, 15) is 48.9 Å². The number of anilines is 2. The Hall–Kier alpha value is -7.78. The molecule has 10 atom stereocenters. The van der Waals surface area contributed by atoms with Gasteiger partial charge in [0, 0.05) is 0 Å². The molecule has 0 radical (unpaired) electrons. The van der Waals surface area contributed by atoms with E-state index in [1.807, 2.05) is 48.5 Å². The van der Waals surface area contributed by atoms with Crippen LogP contribution in [0.1, 0.15) is 12.5 Å². The highest BCUT2D eigenvalue weighted by Crippen LogP contribution is 2.37. The molecule has 34 N–H and O–H groups in total. The highest BCUT2D eigenvalue weighted by atomic mass is 31.2. The minimum atomic E-state index is -5.01. The van der Waals surface area contributed by atoms with E-state index >= 15 is 0 Å². The number of aliphatic hydroxyl groups excluding tert-OH is 4. The van der Waals surface area contributed by atoms with Crippen LogP contribution >= 0.6 is 15.6 Å². The summed E-state index contributed by atoms with van der Waals surface area (Å²) < 4.78 is 53.7. The van der Waals surface area contributed by atoms with Crippen LogP contribution in [-0.2, 0) is 27.7 Å². The molecule has 82 heavy (non-hydrogen) atoms. The van der Waals surface area contributed by atoms with E-state index in [1.54, 1.807) is 0 Å². The van der Waals surface area contributed by atoms with E-state index in [-0.39, 0.29) is 79.0 Å². The molecule has 6 heterocycles. The number of hydrogen-bond acceptors (Lipinski definition) is 24. The van der Waals surface area contributed by atoms with Gasteiger partial charge in [-0.3, -0.25) is 70.7 Å². The third-order valence-corrected chi connectivity index (χ3v) is 11.2. The molecular formula is C38H64N18O24P2. The number of benzene rings is 2. The van der Waals surface area contributed by atoms with Crippen LogP contribution in [0.3, 0.4) is 0 Å². The van der Waals surface area contributed by atoms with Gasteiger partial charge in [0.05, 0.1) is 50.3 Å². The fourth-order valence-electron chi connectivity index (χ4n) is 6.85. The van der Waals surface area contributed by atoms with Crippen LogP contribution in [0.5, 0.6) is 11.5 Å². The van der Waals surface area contributed by atoms with E-state index in [2.05, 4.69) is 59.2 Å². The number of hydrogen-bond donors (Lipinski definition) is 16. The van der Waals surface area contributed by atoms with E-state index < -0.39 is 89.1 Å². The van der Waals surface area contributed by atoms with Gasteiger partial charge in [0.2, 0.25) is 11.9 Å². The fraction of sp³-hybridized carbons (Fsp3) is 0.368. The second-order valence-corrected chi connectivity index (χ2v) is 18.2. The van der Waals surface area contributed by atoms with Gasteiger partial charge in [-0.1, -0.05) is 0 Å². The molecule has 0 spiro atoms. The number of rotatable bonds is 18. The molecule has 42 nitrogen and oxygen atoms in total. The van der Waals surface area contributed by atoms with Gasteiger partial charge in [0.1, 0.15) is 61.3 Å². The summed E-state index contributed by atoms with van der Waals surface area (Å²) >= 11 is 0. The molecule has 2 aliphatic rings. The highest BCUT2D eigenvalue weighted by molar-refractivity contribution is 7.45. The Bertz CT molecular complexity index is 3010. The normalized spacial score (nSPS) is 21.0. The molecule has 2 aliphatic heterocycles. The molecule has 44 heteroatoms. The number of aromatic amines is 2. The van der Waals surface area contributed by atoms with Gasteiger partial charge < -0.3 is 112 Å². The molecule has 0 saturated carbocycles. The molecule has 0 amide bonds. The van der Waals surface area contributed by atoms with E-state index in [0.717, 1.165) is 24.2 Å². The maximum Gasteiger partial charge on any atom is 0.338 e. The Labute approximate surface area is 458 Å². The number of nitrogens with zero attached hydrogens (tertiary/aromatic N) is 8. The van der Waals surface area contributed by atoms with Crippen LogP contribution in [0.2, 0.25) is 0 Å². The Morgan fingerprint density at radius 3 is 1.24 bits per heavy atom. The second-order valence-electron chi connectivity index (χ2n) is 15.8. The van der Waals surface area contributed by atoms with Crippen molar-refractivity contribution >= 4 is 73.2 Å². The standard InChI is InChI=1S/C18H24N8O2.2C10H14N5O8P.6H2O/c19-17(20)23-9-11-27-15-5-1-13(2-6-15)25-26-14-3-7-16(8-4-14)28-12-10-24-18(21)22;2*11-10-13-7-4(8(18)14-10)12-2-15(7)9-6(17)5(16)3(23-9)1-22-24(19,20)21;;;;;;/h1-8H,9-12H2,(H4,19,20,23)(H4,21,22,24);2*2-3,5-6,9,16-17H,1H2,(H2,19,20,21)(H3,11,13,14,18);6*1H2/t;2*3-,5-,6-,9-;;;;;;/m.11....../s1. The number of aromatic nitrogens is 8. The van der Waals surface area contributed by atoms with Crippen molar-refractivity contribution < 1.29 is 120 Å². The molecular weight excluding hydrogens is 1150 g/mol. The zero-order valence-electron chi connectivity index (χ0n) is 42.2. The van der Waals surface area contributed by atoms with Crippen LogP contribution in [0, 0.1) is 0 Å². The average molecular weight is 1220 g/mol. The predicted molar refractivity (Wildman–Crippen MR) is 277 cm³/mol. The number of nitrogen functional groups attached to an aromatic ring is 2. The summed E-state index contributed by atoms with van der Waals surface area (Å²) in [6.07, 6.45) is -8.68. The maximum atomic E-state index is 11.7. The minimum Gasteiger partial charge on any atom is -0.756 e. The van der Waals surface area contributed by atoms with Crippen molar-refractivity contribution in [2.75, 3.05) is 51.0 Å². The van der Waals surface area contributed by atoms with Crippen molar-refractivity contribution in [1.82, 2.24) is 39.0 Å². The summed E-state index contributed by atoms with van der Waals surface area (Å²) in [7, 11) is -10.0. The quantitative estimate of drug-likeness (QED) is 0.0125. The van der Waals surface area contributed by atoms with Crippen molar-refractivity contribution in [2.24, 2.45) is 33.2 Å². The lowest BCUT2D eigenvalue weighted by Crippen LogP contribution is -2.79. The molecule has 2 saturated heterocycles. The first kappa shape index (κ1) is 74.2. The van der Waals surface area contributed by atoms with Crippen molar-refractivity contribution in [1.29, 1.82) is 0 Å². The van der Waals surface area contributed by atoms with Gasteiger partial charge in [-0.05, 0) is 48.5 Å². The zero-order valence-corrected chi connectivity index (χ0v) is 43.9. The largest absolute Gasteiger partial charge is 0.756 e. The highest BCUT2D eigenvalue weighted by Gasteiger charge is 2.46. The van der Waals surface area contributed by atoms with Crippen molar-refractivity contribution in [3.05, 3.63) is 81.9 Å². The number of guanidine groups is 2. The lowest BCUT2D eigenvalue weighted by atomic mass is 10.1. The Morgan fingerprint density at radius 1 is 0.610 bits per heavy atom. The molecule has 0 aliphatic carbocycles. The molecule has 6 aromatic rings. The average Bonchev–Trinajstić information content (AvgIpc) is 4.11. The van der Waals surface area contributed by atoms with Crippen molar-refractivity contribution in [2.45, 2.75) is 49.1 Å². The van der Waals surface area contributed by atoms with Crippen molar-refractivity contribution in [3.8, 4) is 11.5 Å². The van der Waals surface area contributed by atoms with Crippen LogP contribution in [0.25, 0.3) is 22.3 Å². The Morgan fingerprint density at radius 2 is 0.939 bits per heavy atom. The Kier molecular flexibility index (Phi) is 29.5. The van der Waals surface area contributed by atoms with Gasteiger partial charge in [0.15, 0.2) is 34.8 Å². The predicted octanol–water partition coefficient (Wildman–Crippen LogP) is -13.8. The smallest absolute Gasteiger partial charge is 0.338 e. The number of H-pyrrole nitrogens is 2. The molecule has 2 fully saturated rings. The van der Waals surface area contributed by atoms with Crippen LogP contribution in [0.15, 0.2) is 81.0 Å². The summed E-state index contributed by atoms with van der Waals surface area (Å²) in [6.45, 7) is 0.519. The summed E-state index contributed by atoms with van der Waals surface area (Å²) in [5.74, 6) is 1.42. The number of ether oxygens (including phenoxy) is 4. The fourth-order valence-corrected chi connectivity index (χ4v) is 7.52. The van der Waals surface area contributed by atoms with Gasteiger partial charge in [0.25, 0.3) is 26.8 Å². The summed E-state index contributed by atoms with van der Waals surface area (Å²) in [4.78, 5) is 87.4. The first-order valence-corrected chi connectivity index (χ1v) is 24.8. The Balaban J connectivity index is 0.00000116. The van der Waals surface area contributed by atoms with E-state index in [4.69, 9.17) is 63.1 Å². The first-order chi connectivity index (χ1) is 35.9. The van der Waals surface area contributed by atoms with Gasteiger partial charge in [-0.25, -0.2) is 9.97 Å². The van der Waals surface area contributed by atoms with Gasteiger partial charge >= 0.3 is 11.9 Å². The third kappa shape index (κ3) is 20.6. The number of phosphoric ester groups is 2. The summed E-state index contributed by atoms with van der Waals surface area (Å²) in [6, 6.07) is 14.6. The number of phosphoric acid groups is 2.